The molecule has 0 spiro atoms. The first-order valence-electron chi connectivity index (χ1n) is 8.75. The Morgan fingerprint density at radius 3 is 2.44 bits per heavy atom. The lowest BCUT2D eigenvalue weighted by molar-refractivity contribution is 0.373. The Morgan fingerprint density at radius 2 is 1.78 bits per heavy atom. The number of ether oxygens (including phenoxy) is 1. The zero-order chi connectivity index (χ0) is 18.8. The summed E-state index contributed by atoms with van der Waals surface area (Å²) >= 11 is 5.90. The van der Waals surface area contributed by atoms with Crippen LogP contribution in [0.5, 0.6) is 11.5 Å². The van der Waals surface area contributed by atoms with Crippen molar-refractivity contribution in [1.29, 1.82) is 0 Å². The average Bonchev–Trinajstić information content (AvgIpc) is 2.64. The fourth-order valence-corrected chi connectivity index (χ4v) is 2.62. The largest absolute Gasteiger partial charge is 0.504 e. The van der Waals surface area contributed by atoms with Crippen molar-refractivity contribution in [2.45, 2.75) is 19.8 Å². The summed E-state index contributed by atoms with van der Waals surface area (Å²) in [4.78, 5) is 4.61. The molecule has 148 valence electrons. The molecule has 2 rings (SSSR count). The first-order chi connectivity index (χ1) is 12.6. The minimum atomic E-state index is 0. The Labute approximate surface area is 183 Å². The molecule has 0 fully saturated rings. The van der Waals surface area contributed by atoms with E-state index in [2.05, 4.69) is 15.6 Å². The minimum absolute atomic E-state index is 0. The highest BCUT2D eigenvalue weighted by Gasteiger charge is 2.03. The van der Waals surface area contributed by atoms with E-state index in [4.69, 9.17) is 16.3 Å². The number of aliphatic imine (C=N–C) groups is 1. The summed E-state index contributed by atoms with van der Waals surface area (Å²) in [7, 11) is 1.55. The first-order valence-corrected chi connectivity index (χ1v) is 9.12. The third-order valence-corrected chi connectivity index (χ3v) is 4.13. The van der Waals surface area contributed by atoms with Crippen molar-refractivity contribution >= 4 is 41.5 Å². The highest BCUT2D eigenvalue weighted by molar-refractivity contribution is 14.0. The van der Waals surface area contributed by atoms with Crippen LogP contribution in [0.2, 0.25) is 5.02 Å². The molecular formula is C20H27ClIN3O2. The van der Waals surface area contributed by atoms with Crippen LogP contribution in [0.25, 0.3) is 0 Å². The Bertz CT molecular complexity index is 724. The van der Waals surface area contributed by atoms with Crippen LogP contribution in [-0.4, -0.2) is 37.8 Å². The van der Waals surface area contributed by atoms with Crippen molar-refractivity contribution in [2.75, 3.05) is 26.7 Å². The number of hydrogen-bond donors (Lipinski definition) is 3. The Kier molecular flexibility index (Phi) is 11.0. The number of phenolic OH excluding ortho intramolecular Hbond substituents is 1. The van der Waals surface area contributed by atoms with Gasteiger partial charge in [0.25, 0.3) is 0 Å². The van der Waals surface area contributed by atoms with Gasteiger partial charge in [0.05, 0.1) is 7.11 Å². The maximum atomic E-state index is 9.65. The van der Waals surface area contributed by atoms with Crippen molar-refractivity contribution in [3.63, 3.8) is 0 Å². The number of hydrogen-bond acceptors (Lipinski definition) is 3. The van der Waals surface area contributed by atoms with Gasteiger partial charge in [-0.05, 0) is 55.2 Å². The van der Waals surface area contributed by atoms with Crippen molar-refractivity contribution in [1.82, 2.24) is 10.6 Å². The molecule has 0 aliphatic carbocycles. The summed E-state index contributed by atoms with van der Waals surface area (Å²) < 4.78 is 5.14. The second kappa shape index (κ2) is 12.7. The lowest BCUT2D eigenvalue weighted by Gasteiger charge is -2.12. The van der Waals surface area contributed by atoms with Crippen LogP contribution in [0.3, 0.4) is 0 Å². The third-order valence-electron chi connectivity index (χ3n) is 3.88. The molecule has 2 aromatic carbocycles. The van der Waals surface area contributed by atoms with E-state index < -0.39 is 0 Å². The smallest absolute Gasteiger partial charge is 0.191 e. The lowest BCUT2D eigenvalue weighted by Crippen LogP contribution is -2.38. The number of halogens is 2. The van der Waals surface area contributed by atoms with Crippen molar-refractivity contribution < 1.29 is 9.84 Å². The van der Waals surface area contributed by atoms with E-state index in [-0.39, 0.29) is 29.7 Å². The summed E-state index contributed by atoms with van der Waals surface area (Å²) in [6.07, 6.45) is 1.67. The number of benzene rings is 2. The topological polar surface area (TPSA) is 65.9 Å². The van der Waals surface area contributed by atoms with Gasteiger partial charge in [0.15, 0.2) is 17.5 Å². The number of guanidine groups is 1. The van der Waals surface area contributed by atoms with E-state index in [0.717, 1.165) is 42.5 Å². The molecule has 0 aliphatic rings. The van der Waals surface area contributed by atoms with Crippen molar-refractivity contribution in [3.05, 3.63) is 58.6 Å². The van der Waals surface area contributed by atoms with Gasteiger partial charge in [-0.2, -0.15) is 0 Å². The zero-order valence-corrected chi connectivity index (χ0v) is 18.8. The molecule has 0 atom stereocenters. The normalized spacial score (nSPS) is 10.9. The molecule has 5 nitrogen and oxygen atoms in total. The van der Waals surface area contributed by atoms with Gasteiger partial charge in [0.2, 0.25) is 0 Å². The number of rotatable bonds is 8. The number of aromatic hydroxyl groups is 1. The van der Waals surface area contributed by atoms with Gasteiger partial charge in [0, 0.05) is 24.7 Å². The predicted octanol–water partition coefficient (Wildman–Crippen LogP) is 4.01. The quantitative estimate of drug-likeness (QED) is 0.289. The molecule has 7 heteroatoms. The number of nitrogens with zero attached hydrogens (tertiary/aromatic N) is 1. The Morgan fingerprint density at radius 1 is 1.07 bits per heavy atom. The summed E-state index contributed by atoms with van der Waals surface area (Å²) in [5.74, 6) is 1.44. The van der Waals surface area contributed by atoms with Crippen LogP contribution in [0.4, 0.5) is 0 Å². The molecule has 0 unspecified atom stereocenters. The Hall–Kier alpha value is -1.67. The molecule has 2 aromatic rings. The molecule has 3 N–H and O–H groups in total. The fraction of sp³-hybridized carbons (Fsp3) is 0.350. The van der Waals surface area contributed by atoms with Gasteiger partial charge in [-0.3, -0.25) is 4.99 Å². The van der Waals surface area contributed by atoms with Crippen molar-refractivity contribution in [3.8, 4) is 11.5 Å². The monoisotopic (exact) mass is 503 g/mol. The standard InChI is InChI=1S/C20H26ClN3O2.HI/c1-3-22-20(23-12-10-15-4-7-17(21)8-5-15)24-13-11-16-6-9-18(25)19(14-16)26-2;/h4-9,14,25H,3,10-13H2,1-2H3,(H2,22,23,24);1H. The van der Waals surface area contributed by atoms with E-state index in [1.807, 2.05) is 43.3 Å². The van der Waals surface area contributed by atoms with Crippen LogP contribution < -0.4 is 15.4 Å². The minimum Gasteiger partial charge on any atom is -0.504 e. The van der Waals surface area contributed by atoms with Crippen LogP contribution in [0.1, 0.15) is 18.1 Å². The number of phenols is 1. The van der Waals surface area contributed by atoms with E-state index in [0.29, 0.717) is 12.3 Å². The molecule has 27 heavy (non-hydrogen) atoms. The molecule has 0 amide bonds. The second-order valence-corrected chi connectivity index (χ2v) is 6.26. The van der Waals surface area contributed by atoms with Crippen LogP contribution >= 0.6 is 35.6 Å². The van der Waals surface area contributed by atoms with Gasteiger partial charge in [-0.1, -0.05) is 29.8 Å². The fourth-order valence-electron chi connectivity index (χ4n) is 2.49. The van der Waals surface area contributed by atoms with Gasteiger partial charge in [-0.15, -0.1) is 24.0 Å². The second-order valence-electron chi connectivity index (χ2n) is 5.82. The highest BCUT2D eigenvalue weighted by atomic mass is 127. The van der Waals surface area contributed by atoms with E-state index in [1.54, 1.807) is 13.2 Å². The maximum Gasteiger partial charge on any atom is 0.191 e. The summed E-state index contributed by atoms with van der Waals surface area (Å²) in [5, 5.41) is 17.0. The molecule has 0 aromatic heterocycles. The third kappa shape index (κ3) is 8.26. The first kappa shape index (κ1) is 23.4. The summed E-state index contributed by atoms with van der Waals surface area (Å²) in [6, 6.07) is 13.2. The van der Waals surface area contributed by atoms with Gasteiger partial charge in [0.1, 0.15) is 0 Å². The molecule has 0 saturated carbocycles. The van der Waals surface area contributed by atoms with Crippen LogP contribution in [0, 0.1) is 0 Å². The molecule has 0 heterocycles. The highest BCUT2D eigenvalue weighted by Crippen LogP contribution is 2.26. The maximum absolute atomic E-state index is 9.65. The van der Waals surface area contributed by atoms with Gasteiger partial charge in [-0.25, -0.2) is 0 Å². The Balaban J connectivity index is 0.00000364. The molecular weight excluding hydrogens is 477 g/mol. The average molecular weight is 504 g/mol. The van der Waals surface area contributed by atoms with Crippen LogP contribution in [-0.2, 0) is 12.8 Å². The molecule has 0 aliphatic heterocycles. The number of nitrogens with one attached hydrogen (secondary N) is 2. The summed E-state index contributed by atoms with van der Waals surface area (Å²) in [6.45, 7) is 4.28. The van der Waals surface area contributed by atoms with E-state index in [1.165, 1.54) is 5.56 Å². The summed E-state index contributed by atoms with van der Waals surface area (Å²) in [5.41, 5.74) is 2.30. The van der Waals surface area contributed by atoms with E-state index in [9.17, 15) is 5.11 Å². The van der Waals surface area contributed by atoms with Gasteiger partial charge < -0.3 is 20.5 Å². The van der Waals surface area contributed by atoms with Crippen molar-refractivity contribution in [2.24, 2.45) is 4.99 Å². The number of methoxy groups -OCH3 is 1. The van der Waals surface area contributed by atoms with Gasteiger partial charge >= 0.3 is 0 Å². The molecule has 0 bridgehead atoms. The zero-order valence-electron chi connectivity index (χ0n) is 15.7. The van der Waals surface area contributed by atoms with E-state index >= 15 is 0 Å². The SMILES string of the molecule is CCNC(=NCCc1ccc(Cl)cc1)NCCc1ccc(O)c(OC)c1.I. The molecule has 0 saturated heterocycles. The molecule has 0 radical (unpaired) electrons. The predicted molar refractivity (Wildman–Crippen MR) is 123 cm³/mol. The van der Waals surface area contributed by atoms with Crippen LogP contribution in [0.15, 0.2) is 47.5 Å². The lowest BCUT2D eigenvalue weighted by atomic mass is 10.1.